The van der Waals surface area contributed by atoms with E-state index in [1.54, 1.807) is 6.07 Å². The molecule has 33 heavy (non-hydrogen) atoms. The second-order valence-electron chi connectivity index (χ2n) is 8.91. The lowest BCUT2D eigenvalue weighted by Crippen LogP contribution is -2.40. The van der Waals surface area contributed by atoms with Gasteiger partial charge in [0.25, 0.3) is 0 Å². The second-order valence-corrected chi connectivity index (χ2v) is 11.2. The Balaban J connectivity index is 1.28. The smallest absolute Gasteiger partial charge is 0.246 e. The van der Waals surface area contributed by atoms with Gasteiger partial charge in [0.15, 0.2) is 6.29 Å². The summed E-state index contributed by atoms with van der Waals surface area (Å²) in [6, 6.07) is 8.03. The Morgan fingerprint density at radius 1 is 0.939 bits per heavy atom. The molecule has 2 fully saturated rings. The van der Waals surface area contributed by atoms with Crippen molar-refractivity contribution in [2.45, 2.75) is 37.0 Å². The second kappa shape index (κ2) is 10.1. The number of benzene rings is 2. The van der Waals surface area contributed by atoms with E-state index in [0.29, 0.717) is 35.5 Å². The monoisotopic (exact) mass is 496 g/mol. The van der Waals surface area contributed by atoms with Crippen molar-refractivity contribution in [3.63, 3.8) is 0 Å². The lowest BCUT2D eigenvalue weighted by molar-refractivity contribution is 0.112. The van der Waals surface area contributed by atoms with Gasteiger partial charge in [0, 0.05) is 37.4 Å². The maximum Gasteiger partial charge on any atom is 0.246 e. The number of hydrogen-bond donors (Lipinski definition) is 0. The molecule has 178 valence electrons. The van der Waals surface area contributed by atoms with Crippen LogP contribution in [0.5, 0.6) is 0 Å². The molecule has 2 aromatic rings. The van der Waals surface area contributed by atoms with Crippen molar-refractivity contribution in [2.75, 3.05) is 31.1 Å². The molecular weight excluding hydrogens is 470 g/mol. The maximum absolute atomic E-state index is 14.0. The first-order valence-corrected chi connectivity index (χ1v) is 13.0. The molecule has 0 unspecified atom stereocenters. The predicted molar refractivity (Wildman–Crippen MR) is 124 cm³/mol. The number of carbonyl (C=O) groups excluding carboxylic acids is 1. The largest absolute Gasteiger partial charge is 0.371 e. The van der Waals surface area contributed by atoms with E-state index in [9.17, 15) is 22.0 Å². The molecule has 0 aliphatic carbocycles. The van der Waals surface area contributed by atoms with Gasteiger partial charge in [0.2, 0.25) is 10.0 Å². The molecule has 2 aromatic carbocycles. The van der Waals surface area contributed by atoms with Gasteiger partial charge in [-0.25, -0.2) is 17.2 Å². The average molecular weight is 497 g/mol. The highest BCUT2D eigenvalue weighted by Gasteiger charge is 2.33. The van der Waals surface area contributed by atoms with E-state index in [4.69, 9.17) is 11.6 Å². The highest BCUT2D eigenvalue weighted by atomic mass is 35.5. The first-order chi connectivity index (χ1) is 15.8. The molecule has 4 rings (SSSR count). The van der Waals surface area contributed by atoms with Crippen LogP contribution in [0.2, 0.25) is 5.02 Å². The fourth-order valence-corrected chi connectivity index (χ4v) is 6.67. The van der Waals surface area contributed by atoms with Gasteiger partial charge in [-0.1, -0.05) is 11.6 Å². The third-order valence-corrected chi connectivity index (χ3v) is 9.08. The molecule has 0 N–H and O–H groups in total. The molecule has 0 aromatic heterocycles. The van der Waals surface area contributed by atoms with Crippen LogP contribution in [0, 0.1) is 23.5 Å². The van der Waals surface area contributed by atoms with E-state index in [1.807, 2.05) is 12.1 Å². The highest BCUT2D eigenvalue weighted by Crippen LogP contribution is 2.34. The molecule has 2 saturated heterocycles. The predicted octanol–water partition coefficient (Wildman–Crippen LogP) is 5.14. The van der Waals surface area contributed by atoms with E-state index >= 15 is 0 Å². The molecule has 0 amide bonds. The van der Waals surface area contributed by atoms with E-state index in [0.717, 1.165) is 75.4 Å². The summed E-state index contributed by atoms with van der Waals surface area (Å²) in [5.74, 6) is -0.697. The van der Waals surface area contributed by atoms with Gasteiger partial charge >= 0.3 is 0 Å². The van der Waals surface area contributed by atoms with E-state index in [1.165, 1.54) is 4.31 Å². The summed E-state index contributed by atoms with van der Waals surface area (Å²) in [6.07, 6.45) is 5.32. The summed E-state index contributed by atoms with van der Waals surface area (Å²) in [5.41, 5.74) is 1.51. The minimum absolute atomic E-state index is 0.323. The first-order valence-electron chi connectivity index (χ1n) is 11.2. The van der Waals surface area contributed by atoms with Crippen LogP contribution >= 0.6 is 11.6 Å². The number of nitrogens with zero attached hydrogens (tertiary/aromatic N) is 2. The zero-order valence-corrected chi connectivity index (χ0v) is 19.8. The fraction of sp³-hybridized carbons (Fsp3) is 0.458. The molecule has 0 bridgehead atoms. The van der Waals surface area contributed by atoms with Crippen molar-refractivity contribution < 1.29 is 22.0 Å². The van der Waals surface area contributed by atoms with Crippen molar-refractivity contribution in [1.82, 2.24) is 4.31 Å². The summed E-state index contributed by atoms with van der Waals surface area (Å²) < 4.78 is 54.3. The van der Waals surface area contributed by atoms with Crippen LogP contribution in [-0.2, 0) is 10.0 Å². The van der Waals surface area contributed by atoms with Gasteiger partial charge in [-0.05, 0) is 80.3 Å². The third kappa shape index (κ3) is 5.39. The zero-order chi connectivity index (χ0) is 23.6. The van der Waals surface area contributed by atoms with Crippen LogP contribution < -0.4 is 4.90 Å². The quantitative estimate of drug-likeness (QED) is 0.520. The summed E-state index contributed by atoms with van der Waals surface area (Å²) in [7, 11) is -4.04. The van der Waals surface area contributed by atoms with Crippen LogP contribution in [0.1, 0.15) is 42.5 Å². The van der Waals surface area contributed by atoms with Gasteiger partial charge in [0.1, 0.15) is 16.5 Å². The van der Waals surface area contributed by atoms with Crippen LogP contribution in [-0.4, -0.2) is 45.2 Å². The number of piperidine rings is 2. The van der Waals surface area contributed by atoms with Crippen molar-refractivity contribution in [1.29, 1.82) is 0 Å². The number of aldehydes is 1. The van der Waals surface area contributed by atoms with E-state index in [2.05, 4.69) is 4.90 Å². The molecule has 5 nitrogen and oxygen atoms in total. The minimum Gasteiger partial charge on any atom is -0.371 e. The van der Waals surface area contributed by atoms with Crippen molar-refractivity contribution in [2.24, 2.45) is 11.8 Å². The van der Waals surface area contributed by atoms with Gasteiger partial charge < -0.3 is 4.90 Å². The number of hydrogen-bond acceptors (Lipinski definition) is 4. The summed E-state index contributed by atoms with van der Waals surface area (Å²) in [5, 5.41) is 0.462. The maximum atomic E-state index is 14.0. The van der Waals surface area contributed by atoms with Gasteiger partial charge in [-0.2, -0.15) is 4.31 Å². The topological polar surface area (TPSA) is 57.7 Å². The molecule has 9 heteroatoms. The van der Waals surface area contributed by atoms with E-state index < -0.39 is 26.6 Å². The SMILES string of the molecule is O=Cc1ccc(N2CCC(CC3CCN(S(=O)(=O)c4cc(F)ccc4F)CC3)CC2)cc1Cl. The van der Waals surface area contributed by atoms with Crippen LogP contribution in [0.3, 0.4) is 0 Å². The Hall–Kier alpha value is -2.03. The summed E-state index contributed by atoms with van der Waals surface area (Å²) in [6.45, 7) is 2.47. The lowest BCUT2D eigenvalue weighted by atomic mass is 9.83. The van der Waals surface area contributed by atoms with Gasteiger partial charge in [-0.3, -0.25) is 4.79 Å². The Morgan fingerprint density at radius 3 is 2.18 bits per heavy atom. The number of rotatable bonds is 6. The Kier molecular flexibility index (Phi) is 7.36. The Bertz CT molecular complexity index is 1110. The standard InChI is InChI=1S/C24H27ClF2N2O3S/c25-22-15-21(3-1-19(22)16-30)28-9-5-17(6-10-28)13-18-7-11-29(12-8-18)33(31,32)24-14-20(26)2-4-23(24)27/h1-4,14-18H,5-13H2. The first kappa shape index (κ1) is 24.1. The average Bonchev–Trinajstić information content (AvgIpc) is 2.81. The number of anilines is 1. The molecule has 2 aliphatic rings. The van der Waals surface area contributed by atoms with Gasteiger partial charge in [-0.15, -0.1) is 0 Å². The minimum atomic E-state index is -4.04. The molecule has 0 radical (unpaired) electrons. The van der Waals surface area contributed by atoms with Crippen LogP contribution in [0.4, 0.5) is 14.5 Å². The molecule has 0 atom stereocenters. The highest BCUT2D eigenvalue weighted by molar-refractivity contribution is 7.89. The Morgan fingerprint density at radius 2 is 1.58 bits per heavy atom. The molecular formula is C24H27ClF2N2O3S. The molecule has 0 spiro atoms. The number of sulfonamides is 1. The van der Waals surface area contributed by atoms with Gasteiger partial charge in [0.05, 0.1) is 5.02 Å². The fourth-order valence-electron chi connectivity index (χ4n) is 4.91. The van der Waals surface area contributed by atoms with Crippen molar-refractivity contribution in [3.05, 3.63) is 58.6 Å². The van der Waals surface area contributed by atoms with Crippen molar-refractivity contribution in [3.8, 4) is 0 Å². The summed E-state index contributed by atoms with van der Waals surface area (Å²) >= 11 is 6.16. The molecule has 2 aliphatic heterocycles. The molecule has 2 heterocycles. The summed E-state index contributed by atoms with van der Waals surface area (Å²) in [4.78, 5) is 12.6. The van der Waals surface area contributed by atoms with E-state index in [-0.39, 0.29) is 0 Å². The molecule has 0 saturated carbocycles. The van der Waals surface area contributed by atoms with Crippen LogP contribution in [0.15, 0.2) is 41.3 Å². The third-order valence-electron chi connectivity index (χ3n) is 6.84. The zero-order valence-electron chi connectivity index (χ0n) is 18.2. The lowest BCUT2D eigenvalue weighted by Gasteiger charge is -2.37. The normalized spacial score (nSPS) is 19.1. The number of carbonyl (C=O) groups is 1. The van der Waals surface area contributed by atoms with Crippen LogP contribution in [0.25, 0.3) is 0 Å². The number of halogens is 3. The van der Waals surface area contributed by atoms with Crippen molar-refractivity contribution >= 4 is 33.6 Å². The Labute approximate surface area is 198 Å².